The first-order chi connectivity index (χ1) is 12.1. The van der Waals surface area contributed by atoms with Crippen molar-refractivity contribution in [2.24, 2.45) is 0 Å². The second-order valence-electron chi connectivity index (χ2n) is 5.01. The zero-order chi connectivity index (χ0) is 18.1. The maximum atomic E-state index is 12.0. The van der Waals surface area contributed by atoms with Crippen molar-refractivity contribution in [3.05, 3.63) is 54.1 Å². The first-order valence-corrected chi connectivity index (χ1v) is 8.05. The largest absolute Gasteiger partial charge is 0.494 e. The van der Waals surface area contributed by atoms with Crippen LogP contribution in [-0.2, 0) is 9.53 Å². The minimum atomic E-state index is -0.573. The van der Waals surface area contributed by atoms with Crippen molar-refractivity contribution in [3.63, 3.8) is 0 Å². The highest BCUT2D eigenvalue weighted by Gasteiger charge is 2.12. The molecule has 2 aromatic carbocycles. The molecular weight excluding hydrogens is 322 g/mol. The van der Waals surface area contributed by atoms with Crippen LogP contribution in [0.1, 0.15) is 24.2 Å². The van der Waals surface area contributed by atoms with Gasteiger partial charge in [-0.15, -0.1) is 0 Å². The molecule has 6 nitrogen and oxygen atoms in total. The highest BCUT2D eigenvalue weighted by atomic mass is 16.5. The van der Waals surface area contributed by atoms with Crippen LogP contribution < -0.4 is 14.8 Å². The fourth-order valence-electron chi connectivity index (χ4n) is 2.11. The van der Waals surface area contributed by atoms with Crippen LogP contribution in [0.15, 0.2) is 48.5 Å². The number of hydrogen-bond acceptors (Lipinski definition) is 5. The summed E-state index contributed by atoms with van der Waals surface area (Å²) in [6.45, 7) is 4.39. The Morgan fingerprint density at radius 3 is 2.28 bits per heavy atom. The lowest BCUT2D eigenvalue weighted by Crippen LogP contribution is -2.21. The SMILES string of the molecule is CCOc1ccc(C(=O)OCC(=O)Nc2ccccc2OCC)cc1. The summed E-state index contributed by atoms with van der Waals surface area (Å²) in [6.07, 6.45) is 0. The van der Waals surface area contributed by atoms with Crippen molar-refractivity contribution >= 4 is 17.6 Å². The predicted molar refractivity (Wildman–Crippen MR) is 94.1 cm³/mol. The number of ether oxygens (including phenoxy) is 3. The van der Waals surface area contributed by atoms with E-state index in [-0.39, 0.29) is 6.61 Å². The number of para-hydroxylation sites is 2. The molecule has 0 bridgehead atoms. The Hall–Kier alpha value is -3.02. The third-order valence-corrected chi connectivity index (χ3v) is 3.20. The molecule has 0 radical (unpaired) electrons. The monoisotopic (exact) mass is 343 g/mol. The molecule has 25 heavy (non-hydrogen) atoms. The van der Waals surface area contributed by atoms with Gasteiger partial charge in [-0.05, 0) is 50.2 Å². The van der Waals surface area contributed by atoms with Crippen molar-refractivity contribution in [2.45, 2.75) is 13.8 Å². The number of rotatable bonds is 8. The van der Waals surface area contributed by atoms with E-state index in [1.54, 1.807) is 42.5 Å². The minimum Gasteiger partial charge on any atom is -0.494 e. The van der Waals surface area contributed by atoms with Crippen molar-refractivity contribution in [3.8, 4) is 11.5 Å². The molecular formula is C19H21NO5. The molecule has 0 aliphatic rings. The van der Waals surface area contributed by atoms with Gasteiger partial charge >= 0.3 is 5.97 Å². The van der Waals surface area contributed by atoms with E-state index in [1.165, 1.54) is 0 Å². The number of amides is 1. The number of esters is 1. The van der Waals surface area contributed by atoms with Gasteiger partial charge in [0.05, 0.1) is 24.5 Å². The number of carbonyl (C=O) groups excluding carboxylic acids is 2. The third-order valence-electron chi connectivity index (χ3n) is 3.20. The fraction of sp³-hybridized carbons (Fsp3) is 0.263. The van der Waals surface area contributed by atoms with E-state index >= 15 is 0 Å². The lowest BCUT2D eigenvalue weighted by Gasteiger charge is -2.11. The Labute approximate surface area is 146 Å². The molecule has 0 unspecified atom stereocenters. The average molecular weight is 343 g/mol. The second-order valence-corrected chi connectivity index (χ2v) is 5.01. The summed E-state index contributed by atoms with van der Waals surface area (Å²) in [7, 11) is 0. The third kappa shape index (κ3) is 5.53. The Bertz CT molecular complexity index is 712. The smallest absolute Gasteiger partial charge is 0.338 e. The van der Waals surface area contributed by atoms with Gasteiger partial charge in [0, 0.05) is 0 Å². The Morgan fingerprint density at radius 1 is 0.920 bits per heavy atom. The van der Waals surface area contributed by atoms with Gasteiger partial charge < -0.3 is 19.5 Å². The van der Waals surface area contributed by atoms with Crippen LogP contribution in [0.25, 0.3) is 0 Å². The van der Waals surface area contributed by atoms with Crippen molar-refractivity contribution in [1.29, 1.82) is 0 Å². The van der Waals surface area contributed by atoms with Crippen LogP contribution in [0.5, 0.6) is 11.5 Å². The summed E-state index contributed by atoms with van der Waals surface area (Å²) in [5.74, 6) is 0.225. The van der Waals surface area contributed by atoms with E-state index in [1.807, 2.05) is 19.9 Å². The molecule has 0 aliphatic heterocycles. The van der Waals surface area contributed by atoms with Gasteiger partial charge in [0.1, 0.15) is 11.5 Å². The minimum absolute atomic E-state index is 0.353. The standard InChI is InChI=1S/C19H21NO5/c1-3-23-15-11-9-14(10-12-15)19(22)25-13-18(21)20-16-7-5-6-8-17(16)24-4-2/h5-12H,3-4,13H2,1-2H3,(H,20,21). The van der Waals surface area contributed by atoms with Crippen LogP contribution in [-0.4, -0.2) is 31.7 Å². The molecule has 0 saturated carbocycles. The van der Waals surface area contributed by atoms with Gasteiger partial charge in [-0.1, -0.05) is 12.1 Å². The Kier molecular flexibility index (Phi) is 6.83. The van der Waals surface area contributed by atoms with Gasteiger partial charge in [0.15, 0.2) is 6.61 Å². The molecule has 132 valence electrons. The van der Waals surface area contributed by atoms with Crippen LogP contribution in [0.3, 0.4) is 0 Å². The Balaban J connectivity index is 1.88. The van der Waals surface area contributed by atoms with Crippen LogP contribution in [0, 0.1) is 0 Å². The summed E-state index contributed by atoms with van der Waals surface area (Å²) < 4.78 is 15.8. The molecule has 0 saturated heterocycles. The van der Waals surface area contributed by atoms with Crippen molar-refractivity contribution in [2.75, 3.05) is 25.1 Å². The fourth-order valence-corrected chi connectivity index (χ4v) is 2.11. The average Bonchev–Trinajstić information content (AvgIpc) is 2.62. The topological polar surface area (TPSA) is 73.9 Å². The summed E-state index contributed by atoms with van der Waals surface area (Å²) in [6, 6.07) is 13.6. The molecule has 1 amide bonds. The molecule has 0 aliphatic carbocycles. The molecule has 0 heterocycles. The van der Waals surface area contributed by atoms with Crippen LogP contribution in [0.4, 0.5) is 5.69 Å². The molecule has 0 spiro atoms. The van der Waals surface area contributed by atoms with E-state index in [9.17, 15) is 9.59 Å². The van der Waals surface area contributed by atoms with E-state index in [0.717, 1.165) is 0 Å². The van der Waals surface area contributed by atoms with Crippen molar-refractivity contribution < 1.29 is 23.8 Å². The lowest BCUT2D eigenvalue weighted by atomic mass is 10.2. The summed E-state index contributed by atoms with van der Waals surface area (Å²) in [5.41, 5.74) is 0.887. The van der Waals surface area contributed by atoms with Crippen molar-refractivity contribution in [1.82, 2.24) is 0 Å². The number of hydrogen-bond donors (Lipinski definition) is 1. The van der Waals surface area contributed by atoms with Gasteiger partial charge in [0.2, 0.25) is 0 Å². The van der Waals surface area contributed by atoms with E-state index in [0.29, 0.717) is 36.0 Å². The number of carbonyl (C=O) groups is 2. The first kappa shape index (κ1) is 18.3. The molecule has 0 fully saturated rings. The number of benzene rings is 2. The highest BCUT2D eigenvalue weighted by Crippen LogP contribution is 2.23. The summed E-state index contributed by atoms with van der Waals surface area (Å²) >= 11 is 0. The zero-order valence-corrected chi connectivity index (χ0v) is 14.3. The normalized spacial score (nSPS) is 10.0. The van der Waals surface area contributed by atoms with Gasteiger partial charge in [-0.3, -0.25) is 4.79 Å². The Morgan fingerprint density at radius 2 is 1.60 bits per heavy atom. The van der Waals surface area contributed by atoms with Gasteiger partial charge in [0.25, 0.3) is 5.91 Å². The predicted octanol–water partition coefficient (Wildman–Crippen LogP) is 3.28. The first-order valence-electron chi connectivity index (χ1n) is 8.05. The maximum absolute atomic E-state index is 12.0. The zero-order valence-electron chi connectivity index (χ0n) is 14.3. The number of nitrogens with one attached hydrogen (secondary N) is 1. The highest BCUT2D eigenvalue weighted by molar-refractivity contribution is 5.96. The van der Waals surface area contributed by atoms with Gasteiger partial charge in [-0.25, -0.2) is 4.79 Å². The number of anilines is 1. The summed E-state index contributed by atoms with van der Waals surface area (Å²) in [4.78, 5) is 24.0. The molecule has 1 N–H and O–H groups in total. The molecule has 0 aromatic heterocycles. The van der Waals surface area contributed by atoms with E-state index < -0.39 is 11.9 Å². The summed E-state index contributed by atoms with van der Waals surface area (Å²) in [5, 5.41) is 2.67. The molecule has 2 rings (SSSR count). The van der Waals surface area contributed by atoms with Gasteiger partial charge in [-0.2, -0.15) is 0 Å². The van der Waals surface area contributed by atoms with Crippen LogP contribution in [0.2, 0.25) is 0 Å². The quantitative estimate of drug-likeness (QED) is 0.745. The van der Waals surface area contributed by atoms with Crippen LogP contribution >= 0.6 is 0 Å². The van der Waals surface area contributed by atoms with E-state index in [2.05, 4.69) is 5.32 Å². The lowest BCUT2D eigenvalue weighted by molar-refractivity contribution is -0.119. The maximum Gasteiger partial charge on any atom is 0.338 e. The molecule has 0 atom stereocenters. The molecule has 2 aromatic rings. The molecule has 6 heteroatoms. The second kappa shape index (κ2) is 9.32. The van der Waals surface area contributed by atoms with E-state index in [4.69, 9.17) is 14.2 Å².